The number of carbonyl (C=O) groups excluding carboxylic acids is 1. The molecule has 0 saturated carbocycles. The fraction of sp³-hybridized carbons (Fsp3) is 0.333. The van der Waals surface area contributed by atoms with Crippen molar-refractivity contribution in [2.45, 2.75) is 20.0 Å². The first-order valence-electron chi connectivity index (χ1n) is 5.28. The van der Waals surface area contributed by atoms with E-state index in [1.807, 2.05) is 38.1 Å². The second-order valence-corrected chi connectivity index (χ2v) is 3.86. The molecule has 1 aromatic heterocycles. The molecule has 0 saturated heterocycles. The molecule has 0 atom stereocenters. The first-order chi connectivity index (χ1) is 7.68. The van der Waals surface area contributed by atoms with E-state index in [1.165, 1.54) is 4.90 Å². The van der Waals surface area contributed by atoms with Gasteiger partial charge in [0.05, 0.1) is 6.10 Å². The lowest BCUT2D eigenvalue weighted by Crippen LogP contribution is -2.35. The van der Waals surface area contributed by atoms with Gasteiger partial charge in [-0.3, -0.25) is 4.90 Å². The van der Waals surface area contributed by atoms with Gasteiger partial charge in [-0.05, 0) is 26.0 Å². The summed E-state index contributed by atoms with van der Waals surface area (Å²) < 4.78 is 5.16. The fourth-order valence-corrected chi connectivity index (χ4v) is 1.56. The fourth-order valence-electron chi connectivity index (χ4n) is 1.56. The standard InChI is InChI=1S/C12H14N2O2/c1-9(2)16-12(15)14-8-4-6-10-5-3-7-13-11(10)14/h3-7,9H,8H2,1-2H3. The molecule has 1 aromatic rings. The summed E-state index contributed by atoms with van der Waals surface area (Å²) in [5, 5.41) is 0. The highest BCUT2D eigenvalue weighted by Gasteiger charge is 2.22. The summed E-state index contributed by atoms with van der Waals surface area (Å²) in [6.45, 7) is 4.17. The van der Waals surface area contributed by atoms with E-state index in [1.54, 1.807) is 6.20 Å². The van der Waals surface area contributed by atoms with Gasteiger partial charge >= 0.3 is 6.09 Å². The van der Waals surface area contributed by atoms with Crippen LogP contribution in [0, 0.1) is 0 Å². The van der Waals surface area contributed by atoms with Crippen LogP contribution in [-0.4, -0.2) is 23.7 Å². The van der Waals surface area contributed by atoms with E-state index in [0.717, 1.165) is 5.56 Å². The van der Waals surface area contributed by atoms with Gasteiger partial charge in [-0.2, -0.15) is 0 Å². The Kier molecular flexibility index (Phi) is 2.90. The average Bonchev–Trinajstić information content (AvgIpc) is 2.27. The second-order valence-electron chi connectivity index (χ2n) is 3.86. The summed E-state index contributed by atoms with van der Waals surface area (Å²) in [6.07, 6.45) is 5.09. The number of rotatable bonds is 1. The van der Waals surface area contributed by atoms with E-state index in [0.29, 0.717) is 12.4 Å². The number of ether oxygens (including phenoxy) is 1. The molecule has 0 bridgehead atoms. The zero-order chi connectivity index (χ0) is 11.5. The van der Waals surface area contributed by atoms with Crippen molar-refractivity contribution < 1.29 is 9.53 Å². The van der Waals surface area contributed by atoms with Gasteiger partial charge in [-0.15, -0.1) is 0 Å². The Labute approximate surface area is 94.5 Å². The van der Waals surface area contributed by atoms with E-state index in [2.05, 4.69) is 4.98 Å². The highest BCUT2D eigenvalue weighted by Crippen LogP contribution is 2.23. The Bertz CT molecular complexity index is 427. The smallest absolute Gasteiger partial charge is 0.416 e. The molecule has 0 aromatic carbocycles. The SMILES string of the molecule is CC(C)OC(=O)N1CC=Cc2cccnc21. The first kappa shape index (κ1) is 10.7. The third-order valence-corrected chi connectivity index (χ3v) is 2.21. The van der Waals surface area contributed by atoms with Crippen molar-refractivity contribution in [3.63, 3.8) is 0 Å². The number of pyridine rings is 1. The Morgan fingerprint density at radius 3 is 3.12 bits per heavy atom. The number of nitrogens with zero attached hydrogens (tertiary/aromatic N) is 2. The third kappa shape index (κ3) is 2.05. The van der Waals surface area contributed by atoms with E-state index >= 15 is 0 Å². The topological polar surface area (TPSA) is 42.4 Å². The average molecular weight is 218 g/mol. The molecule has 1 amide bonds. The predicted molar refractivity (Wildman–Crippen MR) is 62.2 cm³/mol. The van der Waals surface area contributed by atoms with Crippen LogP contribution in [0.4, 0.5) is 10.6 Å². The Morgan fingerprint density at radius 1 is 1.56 bits per heavy atom. The summed E-state index contributed by atoms with van der Waals surface area (Å²) in [6, 6.07) is 3.77. The highest BCUT2D eigenvalue weighted by molar-refractivity contribution is 5.91. The van der Waals surface area contributed by atoms with Crippen LogP contribution >= 0.6 is 0 Å². The van der Waals surface area contributed by atoms with Crippen LogP contribution in [0.15, 0.2) is 24.4 Å². The normalized spacial score (nSPS) is 13.8. The minimum Gasteiger partial charge on any atom is -0.446 e. The van der Waals surface area contributed by atoms with Crippen molar-refractivity contribution in [1.29, 1.82) is 0 Å². The summed E-state index contributed by atoms with van der Waals surface area (Å²) in [5.74, 6) is 0.663. The van der Waals surface area contributed by atoms with Crippen molar-refractivity contribution in [3.05, 3.63) is 30.0 Å². The van der Waals surface area contributed by atoms with Crippen molar-refractivity contribution in [3.8, 4) is 0 Å². The van der Waals surface area contributed by atoms with Gasteiger partial charge in [0.1, 0.15) is 5.82 Å². The van der Waals surface area contributed by atoms with Gasteiger partial charge in [-0.25, -0.2) is 9.78 Å². The molecule has 84 valence electrons. The van der Waals surface area contributed by atoms with Crippen molar-refractivity contribution >= 4 is 18.0 Å². The first-order valence-corrected chi connectivity index (χ1v) is 5.28. The summed E-state index contributed by atoms with van der Waals surface area (Å²) >= 11 is 0. The van der Waals surface area contributed by atoms with Crippen LogP contribution in [0.2, 0.25) is 0 Å². The van der Waals surface area contributed by atoms with Crippen molar-refractivity contribution in [1.82, 2.24) is 4.98 Å². The number of amides is 1. The molecule has 4 nitrogen and oxygen atoms in total. The Morgan fingerprint density at radius 2 is 2.38 bits per heavy atom. The van der Waals surface area contributed by atoms with Crippen molar-refractivity contribution in [2.24, 2.45) is 0 Å². The van der Waals surface area contributed by atoms with Crippen LogP contribution in [0.5, 0.6) is 0 Å². The van der Waals surface area contributed by atoms with Crippen molar-refractivity contribution in [2.75, 3.05) is 11.4 Å². The maximum Gasteiger partial charge on any atom is 0.416 e. The summed E-state index contributed by atoms with van der Waals surface area (Å²) in [7, 11) is 0. The molecule has 4 heteroatoms. The van der Waals surface area contributed by atoms with E-state index in [9.17, 15) is 4.79 Å². The molecule has 0 fully saturated rings. The van der Waals surface area contributed by atoms with Crippen LogP contribution < -0.4 is 4.90 Å². The Hall–Kier alpha value is -1.84. The molecule has 16 heavy (non-hydrogen) atoms. The molecule has 0 N–H and O–H groups in total. The van der Waals surface area contributed by atoms with E-state index in [-0.39, 0.29) is 12.2 Å². The number of carbonyl (C=O) groups is 1. The molecule has 0 spiro atoms. The van der Waals surface area contributed by atoms with Crippen LogP contribution in [-0.2, 0) is 4.74 Å². The van der Waals surface area contributed by atoms with Gasteiger partial charge in [0.15, 0.2) is 0 Å². The van der Waals surface area contributed by atoms with Gasteiger partial charge in [0.25, 0.3) is 0 Å². The zero-order valence-electron chi connectivity index (χ0n) is 9.38. The molecular formula is C12H14N2O2. The number of aromatic nitrogens is 1. The van der Waals surface area contributed by atoms with Gasteiger partial charge in [0, 0.05) is 18.3 Å². The van der Waals surface area contributed by atoms with Crippen LogP contribution in [0.1, 0.15) is 19.4 Å². The molecule has 2 heterocycles. The maximum absolute atomic E-state index is 11.8. The molecule has 0 unspecified atom stereocenters. The summed E-state index contributed by atoms with van der Waals surface area (Å²) in [4.78, 5) is 17.5. The van der Waals surface area contributed by atoms with Gasteiger partial charge in [-0.1, -0.05) is 12.2 Å². The molecule has 2 rings (SSSR count). The summed E-state index contributed by atoms with van der Waals surface area (Å²) in [5.41, 5.74) is 0.939. The lowest BCUT2D eigenvalue weighted by atomic mass is 10.2. The molecule has 0 radical (unpaired) electrons. The minimum absolute atomic E-state index is 0.120. The number of anilines is 1. The maximum atomic E-state index is 11.8. The lowest BCUT2D eigenvalue weighted by Gasteiger charge is -2.24. The minimum atomic E-state index is -0.348. The highest BCUT2D eigenvalue weighted by atomic mass is 16.6. The second kappa shape index (κ2) is 4.35. The largest absolute Gasteiger partial charge is 0.446 e. The zero-order valence-corrected chi connectivity index (χ0v) is 9.38. The lowest BCUT2D eigenvalue weighted by molar-refractivity contribution is 0.123. The van der Waals surface area contributed by atoms with Gasteiger partial charge < -0.3 is 4.74 Å². The van der Waals surface area contributed by atoms with Gasteiger partial charge in [0.2, 0.25) is 0 Å². The molecule has 1 aliphatic rings. The Balaban J connectivity index is 2.25. The van der Waals surface area contributed by atoms with E-state index in [4.69, 9.17) is 4.74 Å². The molecule has 1 aliphatic heterocycles. The quantitative estimate of drug-likeness (QED) is 0.727. The van der Waals surface area contributed by atoms with Crippen LogP contribution in [0.25, 0.3) is 6.08 Å². The van der Waals surface area contributed by atoms with Crippen LogP contribution in [0.3, 0.4) is 0 Å². The number of fused-ring (bicyclic) bond motifs is 1. The van der Waals surface area contributed by atoms with E-state index < -0.39 is 0 Å². The number of hydrogen-bond acceptors (Lipinski definition) is 3. The monoisotopic (exact) mass is 218 g/mol. The molecule has 0 aliphatic carbocycles. The molecular weight excluding hydrogens is 204 g/mol. The third-order valence-electron chi connectivity index (χ3n) is 2.21. The number of hydrogen-bond donors (Lipinski definition) is 0. The predicted octanol–water partition coefficient (Wildman–Crippen LogP) is 2.46.